The number of carbonyl (C=O) groups is 19. The molecule has 20 N–H and O–H groups in total. The lowest BCUT2D eigenvalue weighted by Gasteiger charge is -2.33. The van der Waals surface area contributed by atoms with Gasteiger partial charge in [0.2, 0.25) is 76.8 Å². The van der Waals surface area contributed by atoms with Crippen molar-refractivity contribution in [2.75, 3.05) is 13.1 Å². The predicted octanol–water partition coefficient (Wildman–Crippen LogP) is -3.47. The standard InChI is InChI=1S/C68H95N13O26/c1-6-35(4)57(80-61(99)43(22-27-55(92)93)73-58(96)40(19-24-52(86)87)74-63(101)46(30-37-11-8-7-9-12-37)79-65(103)48(32-56(94)95)71-51(85)33-70-36(5)82)67(105)81-28-10-13-49(81)66(104)75-42(21-26-54(90)91)59(97)72-41(20-25-53(88)89)60(98)78-47(31-38-14-16-39(83)17-15-38)64(102)77-45(29-34(2)3)62(100)76-44(68(106)107)18-23-50(69)84/h7-9,11-12,14-17,34-35,40-49,57,83H,6,10,13,18-33H2,1-5H3,(H2,69,84)(H,70,82)(H,71,85)(H,72,97)(H,73,96)(H,74,101)(H,75,104)(H,76,100)(H,77,102)(H,78,98)(H,79,103)(H,80,99)(H,86,87)(H,88,89)(H,90,91)(H,92,93)(H,94,95)(H,106,107)/t35-,40-,41-,42-,43-,44-,45-,46-,47-,48-,49-,57-/m0/s1. The quantitative estimate of drug-likeness (QED) is 0.0306. The largest absolute Gasteiger partial charge is 0.508 e. The zero-order valence-corrected chi connectivity index (χ0v) is 59.5. The zero-order chi connectivity index (χ0) is 80.4. The molecule has 1 heterocycles. The monoisotopic (exact) mass is 1510 g/mol. The Morgan fingerprint density at radius 2 is 0.860 bits per heavy atom. The molecule has 1 fully saturated rings. The van der Waals surface area contributed by atoms with Gasteiger partial charge in [-0.15, -0.1) is 0 Å². The summed E-state index contributed by atoms with van der Waals surface area (Å²) in [6.07, 6.45) is -8.77. The number of benzene rings is 2. The molecule has 0 aromatic heterocycles. The van der Waals surface area contributed by atoms with E-state index in [4.69, 9.17) is 5.73 Å². The van der Waals surface area contributed by atoms with E-state index in [1.54, 1.807) is 39.0 Å². The summed E-state index contributed by atoms with van der Waals surface area (Å²) in [6.45, 7) is 6.67. The number of nitrogens with zero attached hydrogens (tertiary/aromatic N) is 1. The molecule has 39 heteroatoms. The second kappa shape index (κ2) is 44.7. The normalized spacial score (nSPS) is 15.5. The summed E-state index contributed by atoms with van der Waals surface area (Å²) in [5, 5.41) is 94.1. The highest BCUT2D eigenvalue weighted by molar-refractivity contribution is 6.00. The van der Waals surface area contributed by atoms with Gasteiger partial charge in [0.25, 0.3) is 0 Å². The minimum Gasteiger partial charge on any atom is -0.508 e. The van der Waals surface area contributed by atoms with Crippen LogP contribution in [0.25, 0.3) is 0 Å². The minimum atomic E-state index is -1.90. The van der Waals surface area contributed by atoms with Crippen molar-refractivity contribution in [3.8, 4) is 5.75 Å². The van der Waals surface area contributed by atoms with Crippen LogP contribution in [0, 0.1) is 11.8 Å². The molecule has 12 atom stereocenters. The average Bonchev–Trinajstić information content (AvgIpc) is 1.77. The Hall–Kier alpha value is -11.8. The molecule has 588 valence electrons. The zero-order valence-electron chi connectivity index (χ0n) is 59.5. The topological polar surface area (TPSA) is 628 Å². The molecule has 0 unspecified atom stereocenters. The van der Waals surface area contributed by atoms with E-state index in [1.807, 2.05) is 0 Å². The fourth-order valence-electron chi connectivity index (χ4n) is 11.0. The maximum atomic E-state index is 14.9. The number of likely N-dealkylation sites (tertiary alicyclic amines) is 1. The Labute approximate surface area is 613 Å². The molecule has 2 aromatic rings. The van der Waals surface area contributed by atoms with E-state index >= 15 is 0 Å². The molecule has 13 amide bonds. The number of carboxylic acid groups (broad SMARTS) is 6. The second-order valence-corrected chi connectivity index (χ2v) is 25.9. The van der Waals surface area contributed by atoms with E-state index in [0.29, 0.717) is 11.1 Å². The summed E-state index contributed by atoms with van der Waals surface area (Å²) < 4.78 is 0. The van der Waals surface area contributed by atoms with E-state index in [2.05, 4.69) is 58.5 Å². The Morgan fingerprint density at radius 1 is 0.467 bits per heavy atom. The number of aromatic hydroxyl groups is 1. The summed E-state index contributed by atoms with van der Waals surface area (Å²) >= 11 is 0. The van der Waals surface area contributed by atoms with Crippen molar-refractivity contribution in [1.82, 2.24) is 63.4 Å². The molecule has 1 saturated heterocycles. The highest BCUT2D eigenvalue weighted by Gasteiger charge is 2.43. The lowest BCUT2D eigenvalue weighted by Crippen LogP contribution is -2.61. The van der Waals surface area contributed by atoms with Crippen molar-refractivity contribution in [1.29, 1.82) is 0 Å². The summed E-state index contributed by atoms with van der Waals surface area (Å²) in [6, 6.07) is -6.02. The Bertz CT molecular complexity index is 3540. The van der Waals surface area contributed by atoms with E-state index in [0.717, 1.165) is 11.8 Å². The van der Waals surface area contributed by atoms with Crippen molar-refractivity contribution in [3.05, 3.63) is 65.7 Å². The molecular weight excluding hydrogens is 1410 g/mol. The number of nitrogens with one attached hydrogen (secondary N) is 11. The maximum Gasteiger partial charge on any atom is 0.326 e. The lowest BCUT2D eigenvalue weighted by atomic mass is 9.96. The fraction of sp³-hybridized carbons (Fsp3) is 0.544. The molecule has 39 nitrogen and oxygen atoms in total. The van der Waals surface area contributed by atoms with E-state index < -0.39 is 269 Å². The number of primary amides is 1. The van der Waals surface area contributed by atoms with E-state index in [-0.39, 0.29) is 50.3 Å². The van der Waals surface area contributed by atoms with Crippen LogP contribution in [0.15, 0.2) is 54.6 Å². The minimum absolute atomic E-state index is 0.103. The second-order valence-electron chi connectivity index (χ2n) is 25.9. The number of rotatable bonds is 48. The van der Waals surface area contributed by atoms with Gasteiger partial charge in [-0.1, -0.05) is 76.6 Å². The number of phenolic OH excluding ortho intramolecular Hbond substituents is 1. The molecule has 107 heavy (non-hydrogen) atoms. The summed E-state index contributed by atoms with van der Waals surface area (Å²) in [5.41, 5.74) is 5.86. The van der Waals surface area contributed by atoms with Gasteiger partial charge in [-0.25, -0.2) is 4.79 Å². The summed E-state index contributed by atoms with van der Waals surface area (Å²) in [4.78, 5) is 252. The van der Waals surface area contributed by atoms with Crippen LogP contribution >= 0.6 is 0 Å². The molecule has 1 aliphatic rings. The van der Waals surface area contributed by atoms with Crippen LogP contribution in [0.1, 0.15) is 142 Å². The lowest BCUT2D eigenvalue weighted by molar-refractivity contribution is -0.144. The first-order valence-corrected chi connectivity index (χ1v) is 34.3. The predicted molar refractivity (Wildman–Crippen MR) is 369 cm³/mol. The number of amides is 13. The van der Waals surface area contributed by atoms with Crippen molar-refractivity contribution in [2.24, 2.45) is 17.6 Å². The molecule has 0 radical (unpaired) electrons. The smallest absolute Gasteiger partial charge is 0.326 e. The highest BCUT2D eigenvalue weighted by atomic mass is 16.4. The van der Waals surface area contributed by atoms with E-state index in [9.17, 15) is 127 Å². The van der Waals surface area contributed by atoms with Crippen molar-refractivity contribution in [3.63, 3.8) is 0 Å². The molecule has 2 aromatic carbocycles. The number of carbonyl (C=O) groups excluding carboxylic acids is 13. The van der Waals surface area contributed by atoms with Crippen LogP contribution in [-0.4, -0.2) is 233 Å². The van der Waals surface area contributed by atoms with Crippen molar-refractivity contribution in [2.45, 2.75) is 210 Å². The molecule has 0 bridgehead atoms. The van der Waals surface area contributed by atoms with Gasteiger partial charge < -0.3 is 105 Å². The molecule has 0 spiro atoms. The number of nitrogens with two attached hydrogens (primary N) is 1. The van der Waals surface area contributed by atoms with E-state index in [1.165, 1.54) is 43.3 Å². The van der Waals surface area contributed by atoms with Crippen LogP contribution in [0.4, 0.5) is 0 Å². The maximum absolute atomic E-state index is 14.9. The Morgan fingerprint density at radius 3 is 1.28 bits per heavy atom. The number of phenols is 1. The first-order chi connectivity index (χ1) is 50.3. The van der Waals surface area contributed by atoms with Gasteiger partial charge in [0, 0.05) is 58.4 Å². The molecule has 1 aliphatic heterocycles. The summed E-state index contributed by atoms with van der Waals surface area (Å²) in [5.74, 6) is -24.4. The molecular formula is C68H95N13O26. The van der Waals surface area contributed by atoms with Gasteiger partial charge in [-0.3, -0.25) is 86.3 Å². The van der Waals surface area contributed by atoms with Crippen LogP contribution in [0.5, 0.6) is 5.75 Å². The Balaban J connectivity index is 1.99. The van der Waals surface area contributed by atoms with Gasteiger partial charge in [0.05, 0.1) is 13.0 Å². The number of aliphatic carboxylic acids is 6. The average molecular weight is 1510 g/mol. The molecule has 0 aliphatic carbocycles. The van der Waals surface area contributed by atoms with Crippen LogP contribution in [0.2, 0.25) is 0 Å². The van der Waals surface area contributed by atoms with Crippen LogP contribution in [0.3, 0.4) is 0 Å². The highest BCUT2D eigenvalue weighted by Crippen LogP contribution is 2.23. The van der Waals surface area contributed by atoms with Crippen molar-refractivity contribution >= 4 is 113 Å². The number of carboxylic acids is 6. The third-order valence-corrected chi connectivity index (χ3v) is 16.8. The molecule has 0 saturated carbocycles. The van der Waals surface area contributed by atoms with Crippen LogP contribution < -0.4 is 64.2 Å². The van der Waals surface area contributed by atoms with Gasteiger partial charge in [0.15, 0.2) is 0 Å². The SMILES string of the molecule is CC[C@H](C)[C@H](NC(=O)[C@H](CCC(=O)O)NC(=O)[C@H](CCC(=O)O)NC(=O)[C@H](Cc1ccccc1)NC(=O)[C@H](CC(=O)O)NC(=O)CNC(C)=O)C(=O)N1CCC[C@H]1C(=O)N[C@@H](CCC(=O)O)C(=O)N[C@@H](CCC(=O)O)C(=O)N[C@@H](Cc1ccc(O)cc1)C(=O)N[C@@H](CC(C)C)C(=O)N[C@@H](CCC(N)=O)C(=O)O. The van der Waals surface area contributed by atoms with Gasteiger partial charge in [-0.05, 0) is 86.5 Å². The van der Waals surface area contributed by atoms with Gasteiger partial charge in [-0.2, -0.15) is 0 Å². The van der Waals surface area contributed by atoms with Crippen LogP contribution in [-0.2, 0) is 104 Å². The van der Waals surface area contributed by atoms with Gasteiger partial charge in [0.1, 0.15) is 72.2 Å². The number of hydrogen-bond acceptors (Lipinski definition) is 20. The number of hydrogen-bond donors (Lipinski definition) is 19. The fourth-order valence-corrected chi connectivity index (χ4v) is 11.0. The third-order valence-electron chi connectivity index (χ3n) is 16.8. The van der Waals surface area contributed by atoms with Gasteiger partial charge >= 0.3 is 35.8 Å². The molecule has 3 rings (SSSR count). The first-order valence-electron chi connectivity index (χ1n) is 34.3. The summed E-state index contributed by atoms with van der Waals surface area (Å²) in [7, 11) is 0. The third kappa shape index (κ3) is 32.8. The van der Waals surface area contributed by atoms with Crippen molar-refractivity contribution < 1.29 is 127 Å². The first kappa shape index (κ1) is 89.4. The Kier molecular flexibility index (Phi) is 37.4.